The van der Waals surface area contributed by atoms with E-state index in [9.17, 15) is 4.79 Å². The number of nitrogens with one attached hydrogen (secondary N) is 1. The van der Waals surface area contributed by atoms with Crippen molar-refractivity contribution < 1.29 is 9.53 Å². The first-order valence-corrected chi connectivity index (χ1v) is 11.7. The van der Waals surface area contributed by atoms with E-state index in [-0.39, 0.29) is 18.0 Å². The molecule has 0 fully saturated rings. The normalized spacial score (nSPS) is 11.5. The molecule has 0 spiro atoms. The largest absolute Gasteiger partial charge is 0.380 e. The molecule has 0 bridgehead atoms. The second kappa shape index (κ2) is 10.8. The number of carbonyl (C=O) groups excluding carboxylic acids is 1. The van der Waals surface area contributed by atoms with Crippen LogP contribution in [0.4, 0.5) is 17.6 Å². The number of anilines is 3. The third-order valence-electron chi connectivity index (χ3n) is 5.78. The zero-order valence-corrected chi connectivity index (χ0v) is 21.5. The van der Waals surface area contributed by atoms with Crippen molar-refractivity contribution in [2.45, 2.75) is 60.2 Å². The molecule has 0 saturated carbocycles. The first kappa shape index (κ1) is 25.4. The summed E-state index contributed by atoms with van der Waals surface area (Å²) in [6.07, 6.45) is 1.75. The first-order valence-electron chi connectivity index (χ1n) is 11.7. The topological polar surface area (TPSA) is 101 Å². The molecule has 3 aromatic heterocycles. The van der Waals surface area contributed by atoms with Crippen molar-refractivity contribution in [3.63, 3.8) is 0 Å². The standard InChI is InChI=1S/C24H36N8O2/c1-9-34-13-12-32-21-19(20(29-32)23(33)30(7)15(2)3)27-24(31(8)16(4)5)28-22(21)26-18-14-17(6)10-11-25-18/h10-11,14-16H,9,12-13H2,1-8H3,(H,25,26,27,28). The predicted octanol–water partition coefficient (Wildman–Crippen LogP) is 3.63. The molecule has 0 atom stereocenters. The summed E-state index contributed by atoms with van der Waals surface area (Å²) in [5.41, 5.74) is 2.51. The lowest BCUT2D eigenvalue weighted by molar-refractivity contribution is 0.0748. The van der Waals surface area contributed by atoms with Crippen LogP contribution in [0.2, 0.25) is 0 Å². The van der Waals surface area contributed by atoms with Gasteiger partial charge in [0.2, 0.25) is 5.95 Å². The van der Waals surface area contributed by atoms with E-state index in [0.29, 0.717) is 54.1 Å². The highest BCUT2D eigenvalue weighted by Crippen LogP contribution is 2.29. The number of rotatable bonds is 10. The fourth-order valence-corrected chi connectivity index (χ4v) is 3.28. The highest BCUT2D eigenvalue weighted by Gasteiger charge is 2.27. The smallest absolute Gasteiger partial charge is 0.276 e. The number of amides is 1. The minimum absolute atomic E-state index is 0.0184. The third-order valence-corrected chi connectivity index (χ3v) is 5.78. The van der Waals surface area contributed by atoms with E-state index in [0.717, 1.165) is 5.56 Å². The van der Waals surface area contributed by atoms with Crippen LogP contribution in [0.5, 0.6) is 0 Å². The molecule has 1 N–H and O–H groups in total. The Morgan fingerprint density at radius 2 is 1.91 bits per heavy atom. The summed E-state index contributed by atoms with van der Waals surface area (Å²) in [6.45, 7) is 13.5. The third kappa shape index (κ3) is 5.44. The Morgan fingerprint density at radius 1 is 1.18 bits per heavy atom. The summed E-state index contributed by atoms with van der Waals surface area (Å²) in [4.78, 5) is 31.1. The van der Waals surface area contributed by atoms with E-state index in [4.69, 9.17) is 19.8 Å². The summed E-state index contributed by atoms with van der Waals surface area (Å²) in [6, 6.07) is 4.06. The maximum Gasteiger partial charge on any atom is 0.276 e. The zero-order chi connectivity index (χ0) is 25.0. The highest BCUT2D eigenvalue weighted by molar-refractivity contribution is 6.06. The number of hydrogen-bond acceptors (Lipinski definition) is 8. The van der Waals surface area contributed by atoms with Gasteiger partial charge in [-0.05, 0) is 59.2 Å². The minimum Gasteiger partial charge on any atom is -0.380 e. The van der Waals surface area contributed by atoms with E-state index in [1.54, 1.807) is 22.8 Å². The van der Waals surface area contributed by atoms with Crippen LogP contribution in [0.25, 0.3) is 11.0 Å². The molecule has 3 aromatic rings. The van der Waals surface area contributed by atoms with Gasteiger partial charge in [-0.3, -0.25) is 9.48 Å². The zero-order valence-electron chi connectivity index (χ0n) is 21.5. The van der Waals surface area contributed by atoms with Crippen molar-refractivity contribution in [3.8, 4) is 0 Å². The van der Waals surface area contributed by atoms with Gasteiger partial charge in [-0.1, -0.05) is 0 Å². The number of aryl methyl sites for hydroxylation is 1. The molecule has 0 aromatic carbocycles. The number of nitrogens with zero attached hydrogens (tertiary/aromatic N) is 7. The van der Waals surface area contributed by atoms with Crippen LogP contribution in [0.15, 0.2) is 18.3 Å². The molecule has 0 aliphatic carbocycles. The Hall–Kier alpha value is -3.27. The molecule has 0 saturated heterocycles. The lowest BCUT2D eigenvalue weighted by Crippen LogP contribution is -2.33. The van der Waals surface area contributed by atoms with Crippen molar-refractivity contribution in [3.05, 3.63) is 29.6 Å². The Bertz CT molecular complexity index is 1140. The molecule has 3 rings (SSSR count). The minimum atomic E-state index is -0.188. The molecule has 0 aliphatic rings. The van der Waals surface area contributed by atoms with Gasteiger partial charge >= 0.3 is 0 Å². The van der Waals surface area contributed by atoms with Crippen LogP contribution < -0.4 is 10.2 Å². The second-order valence-electron chi connectivity index (χ2n) is 8.90. The first-order chi connectivity index (χ1) is 16.1. The molecule has 34 heavy (non-hydrogen) atoms. The lowest BCUT2D eigenvalue weighted by Gasteiger charge is -2.23. The van der Waals surface area contributed by atoms with Crippen molar-refractivity contribution in [1.82, 2.24) is 29.6 Å². The predicted molar refractivity (Wildman–Crippen MR) is 135 cm³/mol. The molecular weight excluding hydrogens is 432 g/mol. The second-order valence-corrected chi connectivity index (χ2v) is 8.90. The summed E-state index contributed by atoms with van der Waals surface area (Å²) < 4.78 is 7.32. The van der Waals surface area contributed by atoms with Crippen molar-refractivity contribution in [1.29, 1.82) is 0 Å². The summed E-state index contributed by atoms with van der Waals surface area (Å²) >= 11 is 0. The van der Waals surface area contributed by atoms with Crippen molar-refractivity contribution >= 4 is 34.5 Å². The van der Waals surface area contributed by atoms with Gasteiger partial charge in [-0.25, -0.2) is 9.97 Å². The summed E-state index contributed by atoms with van der Waals surface area (Å²) in [7, 11) is 3.71. The molecule has 0 radical (unpaired) electrons. The van der Waals surface area contributed by atoms with Crippen LogP contribution in [0.1, 0.15) is 50.7 Å². The molecule has 0 unspecified atom stereocenters. The number of fused-ring (bicyclic) bond motifs is 1. The highest BCUT2D eigenvalue weighted by atomic mass is 16.5. The van der Waals surface area contributed by atoms with E-state index < -0.39 is 0 Å². The van der Waals surface area contributed by atoms with Gasteiger partial charge in [0.1, 0.15) is 16.9 Å². The summed E-state index contributed by atoms with van der Waals surface area (Å²) in [5, 5.41) is 8.04. The molecule has 0 aliphatic heterocycles. The van der Waals surface area contributed by atoms with Gasteiger partial charge in [0.05, 0.1) is 13.2 Å². The maximum atomic E-state index is 13.4. The quantitative estimate of drug-likeness (QED) is 0.450. The van der Waals surface area contributed by atoms with E-state index in [2.05, 4.69) is 24.1 Å². The average molecular weight is 469 g/mol. The Labute approximate surface area is 201 Å². The lowest BCUT2D eigenvalue weighted by atomic mass is 10.2. The van der Waals surface area contributed by atoms with Gasteiger partial charge in [0.15, 0.2) is 11.5 Å². The van der Waals surface area contributed by atoms with Crippen LogP contribution in [-0.2, 0) is 11.3 Å². The number of pyridine rings is 1. The fourth-order valence-electron chi connectivity index (χ4n) is 3.28. The Morgan fingerprint density at radius 3 is 2.53 bits per heavy atom. The van der Waals surface area contributed by atoms with Crippen LogP contribution >= 0.6 is 0 Å². The van der Waals surface area contributed by atoms with Gasteiger partial charge in [-0.2, -0.15) is 10.1 Å². The molecule has 10 nitrogen and oxygen atoms in total. The summed E-state index contributed by atoms with van der Waals surface area (Å²) in [5.74, 6) is 1.51. The molecule has 3 heterocycles. The molecule has 184 valence electrons. The molecular formula is C24H36N8O2. The van der Waals surface area contributed by atoms with Gasteiger partial charge in [0, 0.05) is 39.0 Å². The van der Waals surface area contributed by atoms with Crippen LogP contribution in [0, 0.1) is 6.92 Å². The van der Waals surface area contributed by atoms with Crippen molar-refractivity contribution in [2.75, 3.05) is 37.5 Å². The number of ether oxygens (including phenoxy) is 1. The van der Waals surface area contributed by atoms with E-state index in [1.807, 2.05) is 51.8 Å². The fraction of sp³-hybridized carbons (Fsp3) is 0.542. The monoisotopic (exact) mass is 468 g/mol. The van der Waals surface area contributed by atoms with Crippen LogP contribution in [-0.4, -0.2) is 74.9 Å². The number of hydrogen-bond donors (Lipinski definition) is 1. The van der Waals surface area contributed by atoms with Gasteiger partial charge in [0.25, 0.3) is 5.91 Å². The Balaban J connectivity index is 2.25. The Kier molecular flexibility index (Phi) is 8.03. The number of carbonyl (C=O) groups is 1. The van der Waals surface area contributed by atoms with E-state index >= 15 is 0 Å². The van der Waals surface area contributed by atoms with Gasteiger partial charge in [-0.15, -0.1) is 0 Å². The van der Waals surface area contributed by atoms with Gasteiger partial charge < -0.3 is 19.9 Å². The van der Waals surface area contributed by atoms with Crippen LogP contribution in [0.3, 0.4) is 0 Å². The average Bonchev–Trinajstić information content (AvgIpc) is 3.16. The number of aromatic nitrogens is 5. The maximum absolute atomic E-state index is 13.4. The van der Waals surface area contributed by atoms with Crippen molar-refractivity contribution in [2.24, 2.45) is 0 Å². The SMILES string of the molecule is CCOCCn1nc(C(=O)N(C)C(C)C)c2nc(N(C)C(C)C)nc(Nc3cc(C)ccn3)c21. The molecule has 1 amide bonds. The molecule has 10 heteroatoms. The van der Waals surface area contributed by atoms with E-state index in [1.165, 1.54) is 0 Å².